The van der Waals surface area contributed by atoms with Crippen LogP contribution in [0.2, 0.25) is 0 Å². The zero-order chi connectivity index (χ0) is 15.1. The van der Waals surface area contributed by atoms with Gasteiger partial charge in [-0.2, -0.15) is 5.10 Å². The maximum absolute atomic E-state index is 12.3. The first-order valence-corrected chi connectivity index (χ1v) is 6.96. The minimum Gasteiger partial charge on any atom is -0.367 e. The molecule has 0 saturated carbocycles. The molecule has 0 aromatic heterocycles. The summed E-state index contributed by atoms with van der Waals surface area (Å²) in [6.07, 6.45) is 1.49. The fourth-order valence-corrected chi connectivity index (χ4v) is 2.86. The number of amides is 2. The highest BCUT2D eigenvalue weighted by Gasteiger charge is 2.46. The number of rotatable bonds is 2. The van der Waals surface area contributed by atoms with Gasteiger partial charge in [0.2, 0.25) is 5.91 Å². The predicted octanol–water partition coefficient (Wildman–Crippen LogP) is 1.06. The smallest absolute Gasteiger partial charge is 0.267 e. The van der Waals surface area contributed by atoms with Crippen LogP contribution in [0.25, 0.3) is 0 Å². The number of hydrogen-bond donors (Lipinski definition) is 1. The summed E-state index contributed by atoms with van der Waals surface area (Å²) in [6.45, 7) is 7.99. The van der Waals surface area contributed by atoms with Crippen LogP contribution >= 0.6 is 0 Å². The van der Waals surface area contributed by atoms with Crippen LogP contribution in [0.15, 0.2) is 5.10 Å². The van der Waals surface area contributed by atoms with Gasteiger partial charge in [-0.3, -0.25) is 9.59 Å². The van der Waals surface area contributed by atoms with Gasteiger partial charge in [-0.15, -0.1) is 0 Å². The van der Waals surface area contributed by atoms with E-state index < -0.39 is 5.60 Å². The number of hydrazone groups is 1. The molecule has 1 saturated heterocycles. The molecule has 6 nitrogen and oxygen atoms in total. The number of ether oxygens (including phenoxy) is 1. The zero-order valence-corrected chi connectivity index (χ0v) is 12.8. The van der Waals surface area contributed by atoms with Crippen molar-refractivity contribution < 1.29 is 14.3 Å². The molecule has 1 unspecified atom stereocenters. The average Bonchev–Trinajstić information content (AvgIpc) is 2.50. The van der Waals surface area contributed by atoms with Crippen molar-refractivity contribution in [3.05, 3.63) is 0 Å². The second-order valence-corrected chi connectivity index (χ2v) is 6.66. The summed E-state index contributed by atoms with van der Waals surface area (Å²) < 4.78 is 5.96. The van der Waals surface area contributed by atoms with E-state index in [0.717, 1.165) is 6.42 Å². The highest BCUT2D eigenvalue weighted by Crippen LogP contribution is 2.37. The minimum atomic E-state index is -0.407. The molecule has 1 N–H and O–H groups in total. The monoisotopic (exact) mass is 281 g/mol. The first-order chi connectivity index (χ1) is 9.11. The average molecular weight is 281 g/mol. The first kappa shape index (κ1) is 15.0. The lowest BCUT2D eigenvalue weighted by atomic mass is 9.94. The van der Waals surface area contributed by atoms with Gasteiger partial charge in [0.05, 0.1) is 17.2 Å². The van der Waals surface area contributed by atoms with E-state index in [0.29, 0.717) is 18.6 Å². The Kier molecular flexibility index (Phi) is 3.62. The molecule has 1 fully saturated rings. The molecular weight excluding hydrogens is 258 g/mol. The lowest BCUT2D eigenvalue weighted by molar-refractivity contribution is -0.130. The SMILES string of the molecule is CN1N=C(C(=O)NC2CC(C)(C)OC2(C)C)CCC1=O. The van der Waals surface area contributed by atoms with Gasteiger partial charge in [0.15, 0.2) is 0 Å². The third kappa shape index (κ3) is 3.00. The maximum Gasteiger partial charge on any atom is 0.267 e. The lowest BCUT2D eigenvalue weighted by Gasteiger charge is -2.28. The molecule has 1 atom stereocenters. The van der Waals surface area contributed by atoms with Gasteiger partial charge in [0.25, 0.3) is 5.91 Å². The maximum atomic E-state index is 12.3. The number of hydrogen-bond acceptors (Lipinski definition) is 4. The Hall–Kier alpha value is -1.43. The highest BCUT2D eigenvalue weighted by molar-refractivity contribution is 6.39. The van der Waals surface area contributed by atoms with Gasteiger partial charge in [0, 0.05) is 19.9 Å². The van der Waals surface area contributed by atoms with Gasteiger partial charge in [-0.05, 0) is 34.1 Å². The van der Waals surface area contributed by atoms with E-state index in [1.165, 1.54) is 5.01 Å². The van der Waals surface area contributed by atoms with Crippen molar-refractivity contribution in [3.8, 4) is 0 Å². The van der Waals surface area contributed by atoms with Gasteiger partial charge in [0.1, 0.15) is 5.71 Å². The lowest BCUT2D eigenvalue weighted by Crippen LogP contribution is -2.49. The molecule has 0 radical (unpaired) electrons. The Morgan fingerprint density at radius 1 is 1.35 bits per heavy atom. The molecule has 0 aromatic carbocycles. The Balaban J connectivity index is 2.06. The molecule has 20 heavy (non-hydrogen) atoms. The topological polar surface area (TPSA) is 71.0 Å². The standard InChI is InChI=1S/C14H23N3O3/c1-13(2)8-10(14(3,4)20-13)15-12(19)9-6-7-11(18)17(5)16-9/h10H,6-8H2,1-5H3,(H,15,19). The molecule has 2 heterocycles. The van der Waals surface area contributed by atoms with Crippen LogP contribution in [0.5, 0.6) is 0 Å². The van der Waals surface area contributed by atoms with E-state index in [-0.39, 0.29) is 23.5 Å². The van der Waals surface area contributed by atoms with E-state index in [4.69, 9.17) is 4.74 Å². The molecule has 0 aliphatic carbocycles. The summed E-state index contributed by atoms with van der Waals surface area (Å²) in [5, 5.41) is 8.27. The van der Waals surface area contributed by atoms with Gasteiger partial charge in [-0.1, -0.05) is 0 Å². The number of nitrogens with zero attached hydrogens (tertiary/aromatic N) is 2. The van der Waals surface area contributed by atoms with Crippen LogP contribution in [0, 0.1) is 0 Å². The molecule has 2 aliphatic heterocycles. The molecule has 6 heteroatoms. The van der Waals surface area contributed by atoms with Crippen molar-refractivity contribution in [3.63, 3.8) is 0 Å². The quantitative estimate of drug-likeness (QED) is 0.822. The van der Waals surface area contributed by atoms with Crippen molar-refractivity contribution >= 4 is 17.5 Å². The van der Waals surface area contributed by atoms with Crippen molar-refractivity contribution in [2.45, 2.75) is 64.2 Å². The summed E-state index contributed by atoms with van der Waals surface area (Å²) >= 11 is 0. The van der Waals surface area contributed by atoms with Gasteiger partial charge < -0.3 is 10.1 Å². The second kappa shape index (κ2) is 4.84. The van der Waals surface area contributed by atoms with Crippen LogP contribution in [-0.4, -0.2) is 46.8 Å². The molecule has 2 rings (SSSR count). The van der Waals surface area contributed by atoms with Crippen molar-refractivity contribution in [2.75, 3.05) is 7.05 Å². The molecule has 0 spiro atoms. The van der Waals surface area contributed by atoms with E-state index in [1.54, 1.807) is 7.05 Å². The van der Waals surface area contributed by atoms with Gasteiger partial charge >= 0.3 is 0 Å². The fraction of sp³-hybridized carbons (Fsp3) is 0.786. The van der Waals surface area contributed by atoms with Gasteiger partial charge in [-0.25, -0.2) is 5.01 Å². The normalized spacial score (nSPS) is 28.2. The van der Waals surface area contributed by atoms with Crippen LogP contribution in [0.3, 0.4) is 0 Å². The van der Waals surface area contributed by atoms with Crippen molar-refractivity contribution in [1.29, 1.82) is 0 Å². The summed E-state index contributed by atoms with van der Waals surface area (Å²) in [4.78, 5) is 23.6. The molecule has 0 bridgehead atoms. The van der Waals surface area contributed by atoms with Crippen LogP contribution in [0.4, 0.5) is 0 Å². The second-order valence-electron chi connectivity index (χ2n) is 6.66. The third-order valence-electron chi connectivity index (χ3n) is 3.85. The van der Waals surface area contributed by atoms with E-state index in [2.05, 4.69) is 10.4 Å². The Bertz CT molecular complexity index is 468. The van der Waals surface area contributed by atoms with E-state index in [1.807, 2.05) is 27.7 Å². The molecule has 0 aromatic rings. The third-order valence-corrected chi connectivity index (χ3v) is 3.85. The molecule has 112 valence electrons. The van der Waals surface area contributed by atoms with Crippen molar-refractivity contribution in [2.24, 2.45) is 5.10 Å². The number of carbonyl (C=O) groups excluding carboxylic acids is 2. The van der Waals surface area contributed by atoms with Crippen LogP contribution < -0.4 is 5.32 Å². The largest absolute Gasteiger partial charge is 0.367 e. The highest BCUT2D eigenvalue weighted by atomic mass is 16.5. The summed E-state index contributed by atoms with van der Waals surface area (Å²) in [7, 11) is 1.57. The minimum absolute atomic E-state index is 0.0596. The first-order valence-electron chi connectivity index (χ1n) is 6.96. The summed E-state index contributed by atoms with van der Waals surface area (Å²) in [5.41, 5.74) is -0.244. The Morgan fingerprint density at radius 3 is 2.50 bits per heavy atom. The molecule has 2 aliphatic rings. The van der Waals surface area contributed by atoms with Crippen molar-refractivity contribution in [1.82, 2.24) is 10.3 Å². The molecule has 2 amide bonds. The van der Waals surface area contributed by atoms with Crippen LogP contribution in [0.1, 0.15) is 47.0 Å². The fourth-order valence-electron chi connectivity index (χ4n) is 2.86. The Morgan fingerprint density at radius 2 is 2.00 bits per heavy atom. The Labute approximate surface area is 119 Å². The number of nitrogens with one attached hydrogen (secondary N) is 1. The van der Waals surface area contributed by atoms with E-state index >= 15 is 0 Å². The number of carbonyl (C=O) groups is 2. The molecular formula is C14H23N3O3. The summed E-state index contributed by atoms with van der Waals surface area (Å²) in [6, 6.07) is -0.0596. The predicted molar refractivity (Wildman–Crippen MR) is 75.2 cm³/mol. The van der Waals surface area contributed by atoms with Crippen LogP contribution in [-0.2, 0) is 14.3 Å². The zero-order valence-electron chi connectivity index (χ0n) is 12.8. The van der Waals surface area contributed by atoms with E-state index in [9.17, 15) is 9.59 Å². The summed E-state index contributed by atoms with van der Waals surface area (Å²) in [5.74, 6) is -0.268.